The molecule has 0 saturated heterocycles. The monoisotopic (exact) mass is 660 g/mol. The van der Waals surface area contributed by atoms with E-state index in [1.807, 2.05) is 0 Å². The number of carboxylic acid groups (broad SMARTS) is 2. The summed E-state index contributed by atoms with van der Waals surface area (Å²) in [6.45, 7) is 7.67. The average Bonchev–Trinajstić information content (AvgIpc) is 2.97. The van der Waals surface area contributed by atoms with Crippen LogP contribution in [0.15, 0.2) is 12.7 Å². The van der Waals surface area contributed by atoms with Crippen molar-refractivity contribution in [3.8, 4) is 0 Å². The summed E-state index contributed by atoms with van der Waals surface area (Å²) in [5.41, 5.74) is 0. The summed E-state index contributed by atoms with van der Waals surface area (Å²) in [5.74, 6) is -2.20. The normalized spacial score (nSPS) is 9.93. The smallest absolute Gasteiger partial charge is 0.550 e. The van der Waals surface area contributed by atoms with Crippen LogP contribution in [0, 0.1) is 0 Å². The number of hydrogen-bond acceptors (Lipinski definition) is 6. The molecule has 0 N–H and O–H groups in total. The summed E-state index contributed by atoms with van der Waals surface area (Å²) in [6, 6.07) is 0. The molecule has 0 aromatic rings. The van der Waals surface area contributed by atoms with Crippen molar-refractivity contribution in [3.63, 3.8) is 0 Å². The van der Waals surface area contributed by atoms with Gasteiger partial charge in [-0.05, 0) is 25.7 Å². The average molecular weight is 662 g/mol. The summed E-state index contributed by atoms with van der Waals surface area (Å²) >= 11 is 0. The Morgan fingerprint density at radius 3 is 0.837 bits per heavy atom. The number of carbonyl (C=O) groups excluding carboxylic acids is 3. The van der Waals surface area contributed by atoms with Gasteiger partial charge in [0, 0.05) is 18.0 Å². The molecule has 0 amide bonds. The first kappa shape index (κ1) is 48.7. The maximum atomic E-state index is 10.2. The van der Waals surface area contributed by atoms with Gasteiger partial charge in [0.05, 0.1) is 7.11 Å². The van der Waals surface area contributed by atoms with Crippen LogP contribution in [0.5, 0.6) is 0 Å². The Balaban J connectivity index is -0.000000292. The first-order valence-corrected chi connectivity index (χ1v) is 17.5. The van der Waals surface area contributed by atoms with E-state index in [2.05, 4.69) is 25.2 Å². The van der Waals surface area contributed by atoms with E-state index in [1.54, 1.807) is 0 Å². The van der Waals surface area contributed by atoms with Gasteiger partial charge in [-0.1, -0.05) is 175 Å². The second kappa shape index (κ2) is 45.2. The number of hydrogen-bond donors (Lipinski definition) is 0. The minimum Gasteiger partial charge on any atom is -0.550 e. The van der Waals surface area contributed by atoms with Gasteiger partial charge in [0.25, 0.3) is 0 Å². The minimum absolute atomic E-state index is 0. The quantitative estimate of drug-likeness (QED) is 0.0343. The molecule has 43 heavy (non-hydrogen) atoms. The van der Waals surface area contributed by atoms with Crippen LogP contribution in [0.25, 0.3) is 0 Å². The third-order valence-corrected chi connectivity index (χ3v) is 7.34. The van der Waals surface area contributed by atoms with E-state index in [0.717, 1.165) is 31.8 Å². The number of carboxylic acids is 2. The molecule has 0 aromatic heterocycles. The Bertz CT molecular complexity index is 542. The van der Waals surface area contributed by atoms with Crippen LogP contribution in [0.4, 0.5) is 0 Å². The van der Waals surface area contributed by atoms with Gasteiger partial charge in [0.15, 0.2) is 0 Å². The first-order valence-electron chi connectivity index (χ1n) is 17.5. The van der Waals surface area contributed by atoms with Crippen LogP contribution in [-0.4, -0.2) is 25.0 Å². The SMILES string of the molecule is C=CC(=O)OC.CCCCCCCCCCCCCCCC(=O)[O-].CCCCCCCCCCCCCCCC(=O)[O-].[Zn+2]. The molecule has 0 spiro atoms. The van der Waals surface area contributed by atoms with E-state index in [4.69, 9.17) is 0 Å². The molecule has 0 aromatic carbocycles. The zero-order valence-electron chi connectivity index (χ0n) is 28.7. The standard InChI is InChI=1S/2C16H32O2.C4H6O2.Zn/c2*1-2-3-4-5-6-7-8-9-10-11-12-13-14-15-16(17)18;1-3-4(5)6-2;/h2*2-15H2,1H3,(H,17,18);3H,1H2,2H3;/q;;;+2/p-2. The van der Waals surface area contributed by atoms with Gasteiger partial charge in [0.2, 0.25) is 0 Å². The largest absolute Gasteiger partial charge is 2.00 e. The Morgan fingerprint density at radius 2 is 0.698 bits per heavy atom. The van der Waals surface area contributed by atoms with E-state index in [-0.39, 0.29) is 32.3 Å². The van der Waals surface area contributed by atoms with Crippen molar-refractivity contribution in [3.05, 3.63) is 12.7 Å². The van der Waals surface area contributed by atoms with Crippen LogP contribution in [-0.2, 0) is 38.6 Å². The third kappa shape index (κ3) is 57.1. The fourth-order valence-electron chi connectivity index (χ4n) is 4.66. The molecule has 6 nitrogen and oxygen atoms in total. The fraction of sp³-hybridized carbons (Fsp3) is 0.861. The van der Waals surface area contributed by atoms with Crippen molar-refractivity contribution in [2.24, 2.45) is 0 Å². The molecule has 0 unspecified atom stereocenters. The Hall–Kier alpha value is -1.23. The van der Waals surface area contributed by atoms with Crippen LogP contribution >= 0.6 is 0 Å². The van der Waals surface area contributed by atoms with Gasteiger partial charge in [-0.3, -0.25) is 0 Å². The van der Waals surface area contributed by atoms with Crippen molar-refractivity contribution in [2.75, 3.05) is 7.11 Å². The summed E-state index contributed by atoms with van der Waals surface area (Å²) in [5, 5.41) is 20.4. The number of esters is 1. The molecule has 0 bridgehead atoms. The predicted molar refractivity (Wildman–Crippen MR) is 173 cm³/mol. The molecule has 0 aliphatic rings. The van der Waals surface area contributed by atoms with Gasteiger partial charge in [-0.25, -0.2) is 4.79 Å². The van der Waals surface area contributed by atoms with Gasteiger partial charge in [0.1, 0.15) is 0 Å². The summed E-state index contributed by atoms with van der Waals surface area (Å²) in [4.78, 5) is 30.2. The molecule has 0 aliphatic heterocycles. The Kier molecular flexibility index (Phi) is 51.2. The Morgan fingerprint density at radius 1 is 0.488 bits per heavy atom. The van der Waals surface area contributed by atoms with E-state index < -0.39 is 17.9 Å². The molecule has 0 atom stereocenters. The molecule has 0 rings (SSSR count). The molecule has 0 heterocycles. The van der Waals surface area contributed by atoms with Crippen molar-refractivity contribution >= 4 is 17.9 Å². The molecule has 0 radical (unpaired) electrons. The zero-order valence-corrected chi connectivity index (χ0v) is 31.7. The maximum absolute atomic E-state index is 10.2. The predicted octanol–water partition coefficient (Wildman–Crippen LogP) is 8.78. The molecule has 250 valence electrons. The zero-order chi connectivity index (χ0) is 31.9. The molecule has 0 saturated carbocycles. The van der Waals surface area contributed by atoms with Crippen molar-refractivity contribution < 1.29 is 48.8 Å². The van der Waals surface area contributed by atoms with Crippen molar-refractivity contribution in [1.82, 2.24) is 0 Å². The number of methoxy groups -OCH3 is 1. The van der Waals surface area contributed by atoms with Gasteiger partial charge in [-0.2, -0.15) is 0 Å². The van der Waals surface area contributed by atoms with Crippen molar-refractivity contribution in [2.45, 2.75) is 194 Å². The van der Waals surface area contributed by atoms with Crippen LogP contribution < -0.4 is 10.2 Å². The summed E-state index contributed by atoms with van der Waals surface area (Å²) in [6.07, 6.45) is 35.0. The van der Waals surface area contributed by atoms with Gasteiger partial charge in [-0.15, -0.1) is 0 Å². The molecule has 7 heteroatoms. The Labute approximate surface area is 279 Å². The topological polar surface area (TPSA) is 107 Å². The fourth-order valence-corrected chi connectivity index (χ4v) is 4.66. The minimum atomic E-state index is -0.905. The molecular formula is C36H68O6Zn. The third-order valence-electron chi connectivity index (χ3n) is 7.34. The first-order chi connectivity index (χ1) is 20.3. The van der Waals surface area contributed by atoms with Crippen molar-refractivity contribution in [1.29, 1.82) is 0 Å². The van der Waals surface area contributed by atoms with Gasteiger partial charge >= 0.3 is 25.4 Å². The number of aliphatic carboxylic acids is 2. The number of unbranched alkanes of at least 4 members (excludes halogenated alkanes) is 24. The second-order valence-corrected chi connectivity index (χ2v) is 11.5. The molecular weight excluding hydrogens is 594 g/mol. The van der Waals surface area contributed by atoms with Crippen LogP contribution in [0.2, 0.25) is 0 Å². The molecule has 0 aliphatic carbocycles. The van der Waals surface area contributed by atoms with E-state index in [9.17, 15) is 24.6 Å². The maximum Gasteiger partial charge on any atom is 2.00 e. The summed E-state index contributed by atoms with van der Waals surface area (Å²) in [7, 11) is 1.31. The number of rotatable bonds is 29. The molecule has 0 fully saturated rings. The number of ether oxygens (including phenoxy) is 1. The van der Waals surface area contributed by atoms with Crippen LogP contribution in [0.3, 0.4) is 0 Å². The van der Waals surface area contributed by atoms with E-state index in [1.165, 1.54) is 148 Å². The number of carbonyl (C=O) groups is 3. The van der Waals surface area contributed by atoms with E-state index in [0.29, 0.717) is 0 Å². The summed E-state index contributed by atoms with van der Waals surface area (Å²) < 4.78 is 4.14. The van der Waals surface area contributed by atoms with E-state index >= 15 is 0 Å². The second-order valence-electron chi connectivity index (χ2n) is 11.5. The van der Waals surface area contributed by atoms with Gasteiger partial charge < -0.3 is 24.5 Å². The van der Waals surface area contributed by atoms with Crippen LogP contribution in [0.1, 0.15) is 194 Å².